The smallest absolute Gasteiger partial charge is 0.390 e. The van der Waals surface area contributed by atoms with Crippen molar-refractivity contribution in [3.05, 3.63) is 46.0 Å². The normalized spacial score (nSPS) is 18.1. The van der Waals surface area contributed by atoms with Crippen molar-refractivity contribution in [2.45, 2.75) is 44.8 Å². The van der Waals surface area contributed by atoms with Gasteiger partial charge in [-0.1, -0.05) is 30.3 Å². The molecule has 1 unspecified atom stereocenters. The van der Waals surface area contributed by atoms with Crippen molar-refractivity contribution in [2.24, 2.45) is 5.92 Å². The summed E-state index contributed by atoms with van der Waals surface area (Å²) in [5.74, 6) is -1.04. The molecule has 1 aliphatic carbocycles. The van der Waals surface area contributed by atoms with E-state index in [9.17, 15) is 14.9 Å². The lowest BCUT2D eigenvalue weighted by atomic mass is 9.85. The van der Waals surface area contributed by atoms with Gasteiger partial charge in [-0.15, -0.1) is 0 Å². The highest BCUT2D eigenvalue weighted by molar-refractivity contribution is 5.82. The molecule has 1 aliphatic rings. The van der Waals surface area contributed by atoms with Gasteiger partial charge in [0, 0.05) is 16.4 Å². The first kappa shape index (κ1) is 14.5. The lowest BCUT2D eigenvalue weighted by molar-refractivity contribution is -0.570. The summed E-state index contributed by atoms with van der Waals surface area (Å²) in [6.07, 6.45) is 1.35. The van der Waals surface area contributed by atoms with Crippen LogP contribution in [0.1, 0.15) is 39.2 Å². The lowest BCUT2D eigenvalue weighted by Gasteiger charge is -2.28. The maximum Gasteiger partial charge on any atom is 0.390 e. The summed E-state index contributed by atoms with van der Waals surface area (Å²) < 4.78 is 5.34. The van der Waals surface area contributed by atoms with Gasteiger partial charge in [-0.05, 0) is 33.6 Å². The summed E-state index contributed by atoms with van der Waals surface area (Å²) in [5, 5.41) is 11.7. The van der Waals surface area contributed by atoms with Crippen molar-refractivity contribution >= 4 is 5.97 Å². The highest BCUT2D eigenvalue weighted by atomic mass is 16.6. The van der Waals surface area contributed by atoms with E-state index in [0.29, 0.717) is 18.4 Å². The predicted octanol–water partition coefficient (Wildman–Crippen LogP) is 2.91. The van der Waals surface area contributed by atoms with E-state index < -0.39 is 22.0 Å². The molecule has 0 saturated heterocycles. The van der Waals surface area contributed by atoms with Crippen LogP contribution in [0.3, 0.4) is 0 Å². The molecular weight excluding hydrogens is 258 g/mol. The largest absolute Gasteiger partial charge is 0.454 e. The number of carbonyl (C=O) groups excluding carboxylic acids is 1. The number of nitro groups is 1. The second kappa shape index (κ2) is 4.89. The topological polar surface area (TPSA) is 69.4 Å². The Labute approximate surface area is 118 Å². The summed E-state index contributed by atoms with van der Waals surface area (Å²) in [4.78, 5) is 23.8. The highest BCUT2D eigenvalue weighted by Crippen LogP contribution is 2.49. The Morgan fingerprint density at radius 1 is 1.25 bits per heavy atom. The number of ether oxygens (including phenoxy) is 1. The van der Waals surface area contributed by atoms with Crippen molar-refractivity contribution < 1.29 is 14.5 Å². The van der Waals surface area contributed by atoms with Gasteiger partial charge in [0.25, 0.3) is 0 Å². The Morgan fingerprint density at radius 3 is 2.20 bits per heavy atom. The van der Waals surface area contributed by atoms with E-state index in [4.69, 9.17) is 4.74 Å². The zero-order valence-corrected chi connectivity index (χ0v) is 12.0. The number of nitrogens with zero attached hydrogens (tertiary/aromatic N) is 1. The van der Waals surface area contributed by atoms with E-state index in [1.807, 2.05) is 0 Å². The third-order valence-electron chi connectivity index (χ3n) is 3.38. The van der Waals surface area contributed by atoms with Crippen LogP contribution in [0.2, 0.25) is 0 Å². The zero-order chi connectivity index (χ0) is 15.0. The molecule has 1 saturated carbocycles. The van der Waals surface area contributed by atoms with Crippen LogP contribution < -0.4 is 0 Å². The van der Waals surface area contributed by atoms with Crippen molar-refractivity contribution in [1.29, 1.82) is 0 Å². The monoisotopic (exact) mass is 277 g/mol. The van der Waals surface area contributed by atoms with E-state index in [2.05, 4.69) is 0 Å². The number of hydrogen-bond donors (Lipinski definition) is 0. The average Bonchev–Trinajstić information content (AvgIpc) is 3.13. The molecule has 0 spiro atoms. The summed E-state index contributed by atoms with van der Waals surface area (Å²) in [6, 6.07) is 8.45. The molecule has 2 rings (SSSR count). The molecule has 0 heterocycles. The average molecular weight is 277 g/mol. The molecule has 1 atom stereocenters. The maximum atomic E-state index is 12.5. The second-order valence-electron chi connectivity index (χ2n) is 6.17. The number of benzene rings is 1. The molecule has 108 valence electrons. The fraction of sp³-hybridized carbons (Fsp3) is 0.533. The molecule has 1 aromatic rings. The van der Waals surface area contributed by atoms with E-state index in [1.165, 1.54) is 0 Å². The van der Waals surface area contributed by atoms with Crippen LogP contribution in [-0.4, -0.2) is 16.5 Å². The van der Waals surface area contributed by atoms with Crippen LogP contribution in [0.4, 0.5) is 0 Å². The molecule has 0 amide bonds. The standard InChI is InChI=1S/C15H19NO4/c1-14(2,3)20-13(17)15(16(18)19,12-9-10-12)11-7-5-4-6-8-11/h4-8,12H,9-10H2,1-3H3. The first-order valence-electron chi connectivity index (χ1n) is 6.72. The second-order valence-corrected chi connectivity index (χ2v) is 6.17. The molecule has 0 radical (unpaired) electrons. The van der Waals surface area contributed by atoms with E-state index >= 15 is 0 Å². The van der Waals surface area contributed by atoms with Gasteiger partial charge < -0.3 is 4.74 Å². The van der Waals surface area contributed by atoms with Crippen molar-refractivity contribution in [2.75, 3.05) is 0 Å². The SMILES string of the molecule is CC(C)(C)OC(=O)C(c1ccccc1)(C1CC1)[N+](=O)[O-]. The highest BCUT2D eigenvalue weighted by Gasteiger charge is 2.64. The van der Waals surface area contributed by atoms with E-state index in [0.717, 1.165) is 0 Å². The third-order valence-corrected chi connectivity index (χ3v) is 3.38. The van der Waals surface area contributed by atoms with Gasteiger partial charge in [0.2, 0.25) is 0 Å². The molecular formula is C15H19NO4. The van der Waals surface area contributed by atoms with Gasteiger partial charge >= 0.3 is 11.5 Å². The lowest BCUT2D eigenvalue weighted by Crippen LogP contribution is -2.49. The van der Waals surface area contributed by atoms with Gasteiger partial charge in [0.15, 0.2) is 0 Å². The number of esters is 1. The first-order chi connectivity index (χ1) is 9.28. The Kier molecular flexibility index (Phi) is 3.54. The molecule has 0 N–H and O–H groups in total. The van der Waals surface area contributed by atoms with Crippen molar-refractivity contribution in [3.63, 3.8) is 0 Å². The molecule has 0 aromatic heterocycles. The van der Waals surface area contributed by atoms with E-state index in [1.54, 1.807) is 51.1 Å². The van der Waals surface area contributed by atoms with Gasteiger partial charge in [-0.2, -0.15) is 0 Å². The Hall–Kier alpha value is -1.91. The zero-order valence-electron chi connectivity index (χ0n) is 12.0. The summed E-state index contributed by atoms with van der Waals surface area (Å²) >= 11 is 0. The fourth-order valence-electron chi connectivity index (χ4n) is 2.40. The van der Waals surface area contributed by atoms with Crippen LogP contribution in [0.15, 0.2) is 30.3 Å². The molecule has 5 heteroatoms. The molecule has 1 aromatic carbocycles. The molecule has 20 heavy (non-hydrogen) atoms. The van der Waals surface area contributed by atoms with Crippen LogP contribution in [0.5, 0.6) is 0 Å². The molecule has 0 aliphatic heterocycles. The third kappa shape index (κ3) is 2.53. The number of hydrogen-bond acceptors (Lipinski definition) is 4. The minimum absolute atomic E-state index is 0.283. The van der Waals surface area contributed by atoms with Crippen LogP contribution in [0, 0.1) is 16.0 Å². The summed E-state index contributed by atoms with van der Waals surface area (Å²) in [5.41, 5.74) is -2.11. The summed E-state index contributed by atoms with van der Waals surface area (Å²) in [6.45, 7) is 5.15. The van der Waals surface area contributed by atoms with E-state index in [-0.39, 0.29) is 5.92 Å². The van der Waals surface area contributed by atoms with Gasteiger partial charge in [0.1, 0.15) is 5.60 Å². The Balaban J connectivity index is 2.49. The Morgan fingerprint density at radius 2 is 1.80 bits per heavy atom. The molecule has 0 bridgehead atoms. The first-order valence-corrected chi connectivity index (χ1v) is 6.72. The fourth-order valence-corrected chi connectivity index (χ4v) is 2.40. The van der Waals surface area contributed by atoms with Crippen LogP contribution in [-0.2, 0) is 15.1 Å². The molecule has 5 nitrogen and oxygen atoms in total. The maximum absolute atomic E-state index is 12.5. The molecule has 1 fully saturated rings. The van der Waals surface area contributed by atoms with Gasteiger partial charge in [0.05, 0.1) is 0 Å². The predicted molar refractivity (Wildman–Crippen MR) is 73.7 cm³/mol. The van der Waals surface area contributed by atoms with Crippen molar-refractivity contribution in [3.8, 4) is 0 Å². The Bertz CT molecular complexity index is 516. The minimum atomic E-state index is -1.77. The van der Waals surface area contributed by atoms with Gasteiger partial charge in [-0.25, -0.2) is 4.79 Å². The quantitative estimate of drug-likeness (QED) is 0.482. The summed E-state index contributed by atoms with van der Waals surface area (Å²) in [7, 11) is 0. The van der Waals surface area contributed by atoms with Gasteiger partial charge in [-0.3, -0.25) is 10.1 Å². The van der Waals surface area contributed by atoms with Crippen LogP contribution in [0.25, 0.3) is 0 Å². The number of rotatable bonds is 4. The minimum Gasteiger partial charge on any atom is -0.454 e. The van der Waals surface area contributed by atoms with Crippen LogP contribution >= 0.6 is 0 Å². The van der Waals surface area contributed by atoms with Crippen molar-refractivity contribution in [1.82, 2.24) is 0 Å². The number of carbonyl (C=O) groups is 1.